The molecule has 4 nitrogen and oxygen atoms in total. The Balaban J connectivity index is 2.32. The zero-order chi connectivity index (χ0) is 14.0. The van der Waals surface area contributed by atoms with Gasteiger partial charge in [-0.15, -0.1) is 0 Å². The highest BCUT2D eigenvalue weighted by atomic mass is 32.2. The van der Waals surface area contributed by atoms with E-state index >= 15 is 0 Å². The molecule has 19 heavy (non-hydrogen) atoms. The number of hydrogen-bond donors (Lipinski definition) is 1. The van der Waals surface area contributed by atoms with Gasteiger partial charge < -0.3 is 5.73 Å². The molecule has 0 aliphatic carbocycles. The van der Waals surface area contributed by atoms with Crippen LogP contribution in [-0.2, 0) is 10.0 Å². The molecule has 104 valence electrons. The molecule has 1 aromatic rings. The second kappa shape index (κ2) is 5.35. The summed E-state index contributed by atoms with van der Waals surface area (Å²) < 4.78 is 25.5. The zero-order valence-electron chi connectivity index (χ0n) is 11.4. The Bertz CT molecular complexity index is 588. The number of nitrogens with two attached hydrogens (primary N) is 1. The van der Waals surface area contributed by atoms with Crippen LogP contribution < -0.4 is 5.73 Å². The molecule has 0 atom stereocenters. The molecule has 0 spiro atoms. The molecule has 1 heterocycles. The summed E-state index contributed by atoms with van der Waals surface area (Å²) in [5, 5.41) is 0. The van der Waals surface area contributed by atoms with Crippen molar-refractivity contribution in [2.45, 2.75) is 20.3 Å². The second-order valence-corrected chi connectivity index (χ2v) is 7.12. The van der Waals surface area contributed by atoms with Gasteiger partial charge in [0.25, 0.3) is 0 Å². The predicted octanol–water partition coefficient (Wildman–Crippen LogP) is 2.10. The lowest BCUT2D eigenvalue weighted by atomic mass is 9.96. The third kappa shape index (κ3) is 2.98. The van der Waals surface area contributed by atoms with Crippen molar-refractivity contribution in [1.29, 1.82) is 0 Å². The van der Waals surface area contributed by atoms with Crippen LogP contribution in [0.15, 0.2) is 29.8 Å². The van der Waals surface area contributed by atoms with E-state index in [4.69, 9.17) is 5.73 Å². The number of rotatable bonds is 3. The van der Waals surface area contributed by atoms with Gasteiger partial charge in [0.2, 0.25) is 10.0 Å². The summed E-state index contributed by atoms with van der Waals surface area (Å²) in [6.45, 7) is 4.80. The highest BCUT2D eigenvalue weighted by Crippen LogP contribution is 2.28. The summed E-state index contributed by atoms with van der Waals surface area (Å²) in [5.74, 6) is 0.154. The number of benzene rings is 1. The van der Waals surface area contributed by atoms with Crippen LogP contribution in [0.1, 0.15) is 25.8 Å². The Morgan fingerprint density at radius 3 is 2.47 bits per heavy atom. The van der Waals surface area contributed by atoms with Crippen molar-refractivity contribution in [2.75, 3.05) is 24.6 Å². The van der Waals surface area contributed by atoms with E-state index in [-0.39, 0.29) is 5.75 Å². The molecule has 0 aromatic heterocycles. The van der Waals surface area contributed by atoms with E-state index in [2.05, 4.69) is 6.92 Å². The van der Waals surface area contributed by atoms with E-state index < -0.39 is 10.0 Å². The molecule has 0 bridgehead atoms. The molecular weight excluding hydrogens is 260 g/mol. The van der Waals surface area contributed by atoms with Gasteiger partial charge in [0.05, 0.1) is 5.75 Å². The van der Waals surface area contributed by atoms with Gasteiger partial charge in [-0.2, -0.15) is 4.31 Å². The third-order valence-electron chi connectivity index (χ3n) is 3.60. The third-order valence-corrected chi connectivity index (χ3v) is 5.43. The van der Waals surface area contributed by atoms with Gasteiger partial charge in [-0.3, -0.25) is 0 Å². The molecular formula is C14H20N2O2S. The SMILES string of the molecule is CCS(=O)(=O)N1CCC(C)=C(c2ccc(N)cc2)C1. The number of hydrogen-bond acceptors (Lipinski definition) is 3. The Morgan fingerprint density at radius 2 is 1.89 bits per heavy atom. The average molecular weight is 280 g/mol. The first kappa shape index (κ1) is 14.1. The van der Waals surface area contributed by atoms with E-state index in [9.17, 15) is 8.42 Å². The zero-order valence-corrected chi connectivity index (χ0v) is 12.2. The Kier molecular flexibility index (Phi) is 3.96. The summed E-state index contributed by atoms with van der Waals surface area (Å²) in [4.78, 5) is 0. The fraction of sp³-hybridized carbons (Fsp3) is 0.429. The average Bonchev–Trinajstić information content (AvgIpc) is 2.40. The van der Waals surface area contributed by atoms with Crippen molar-refractivity contribution in [3.05, 3.63) is 35.4 Å². The van der Waals surface area contributed by atoms with E-state index in [0.29, 0.717) is 13.1 Å². The topological polar surface area (TPSA) is 63.4 Å². The van der Waals surface area contributed by atoms with Gasteiger partial charge in [0.15, 0.2) is 0 Å². The first-order valence-corrected chi connectivity index (χ1v) is 8.07. The fourth-order valence-corrected chi connectivity index (χ4v) is 3.34. The van der Waals surface area contributed by atoms with Crippen LogP contribution in [0.3, 0.4) is 0 Å². The molecule has 2 rings (SSSR count). The lowest BCUT2D eigenvalue weighted by molar-refractivity contribution is 0.438. The Labute approximate surface area is 115 Å². The fourth-order valence-electron chi connectivity index (χ4n) is 2.28. The van der Waals surface area contributed by atoms with Crippen LogP contribution in [0.2, 0.25) is 0 Å². The number of nitrogens with zero attached hydrogens (tertiary/aromatic N) is 1. The van der Waals surface area contributed by atoms with Crippen molar-refractivity contribution in [2.24, 2.45) is 0 Å². The van der Waals surface area contributed by atoms with Gasteiger partial charge >= 0.3 is 0 Å². The quantitative estimate of drug-likeness (QED) is 0.862. The molecule has 5 heteroatoms. The maximum absolute atomic E-state index is 12.0. The number of anilines is 1. The van der Waals surface area contributed by atoms with E-state index in [1.807, 2.05) is 24.3 Å². The van der Waals surface area contributed by atoms with Crippen LogP contribution in [0.5, 0.6) is 0 Å². The smallest absolute Gasteiger partial charge is 0.214 e. The van der Waals surface area contributed by atoms with E-state index in [1.54, 1.807) is 11.2 Å². The Hall–Kier alpha value is -1.33. The highest BCUT2D eigenvalue weighted by Gasteiger charge is 2.25. The Morgan fingerprint density at radius 1 is 1.26 bits per heavy atom. The van der Waals surface area contributed by atoms with Gasteiger partial charge in [-0.05, 0) is 43.5 Å². The molecule has 0 radical (unpaired) electrons. The maximum Gasteiger partial charge on any atom is 0.214 e. The van der Waals surface area contributed by atoms with Crippen LogP contribution in [0.25, 0.3) is 5.57 Å². The minimum absolute atomic E-state index is 0.154. The molecule has 0 fully saturated rings. The summed E-state index contributed by atoms with van der Waals surface area (Å²) >= 11 is 0. The lowest BCUT2D eigenvalue weighted by Gasteiger charge is -2.29. The first-order valence-electron chi connectivity index (χ1n) is 6.46. The van der Waals surface area contributed by atoms with Gasteiger partial charge in [-0.1, -0.05) is 17.7 Å². The maximum atomic E-state index is 12.0. The first-order chi connectivity index (χ1) is 8.94. The van der Waals surface area contributed by atoms with Gasteiger partial charge in [-0.25, -0.2) is 8.42 Å². The standard InChI is InChI=1S/C14H20N2O2S/c1-3-19(17,18)16-9-8-11(2)14(10-16)12-4-6-13(15)7-5-12/h4-7H,3,8-10,15H2,1-2H3. The van der Waals surface area contributed by atoms with Crippen LogP contribution in [0, 0.1) is 0 Å². The normalized spacial score (nSPS) is 17.8. The molecule has 0 amide bonds. The molecule has 2 N–H and O–H groups in total. The van der Waals surface area contributed by atoms with Crippen LogP contribution >= 0.6 is 0 Å². The minimum atomic E-state index is -3.12. The molecule has 0 saturated carbocycles. The largest absolute Gasteiger partial charge is 0.399 e. The number of nitrogen functional groups attached to an aromatic ring is 1. The van der Waals surface area contributed by atoms with E-state index in [1.165, 1.54) is 5.57 Å². The van der Waals surface area contributed by atoms with Crippen LogP contribution in [-0.4, -0.2) is 31.6 Å². The summed E-state index contributed by atoms with van der Waals surface area (Å²) in [6, 6.07) is 7.61. The summed E-state index contributed by atoms with van der Waals surface area (Å²) in [5.41, 5.74) is 9.82. The molecule has 0 unspecified atom stereocenters. The van der Waals surface area contributed by atoms with Gasteiger partial charge in [0, 0.05) is 18.8 Å². The monoisotopic (exact) mass is 280 g/mol. The van der Waals surface area contributed by atoms with Crippen LogP contribution in [0.4, 0.5) is 5.69 Å². The molecule has 0 saturated heterocycles. The predicted molar refractivity (Wildman–Crippen MR) is 79.1 cm³/mol. The van der Waals surface area contributed by atoms with Crippen molar-refractivity contribution < 1.29 is 8.42 Å². The number of sulfonamides is 1. The van der Waals surface area contributed by atoms with Crippen molar-refractivity contribution >= 4 is 21.3 Å². The van der Waals surface area contributed by atoms with Gasteiger partial charge in [0.1, 0.15) is 0 Å². The summed E-state index contributed by atoms with van der Waals surface area (Å²) in [6.07, 6.45) is 0.791. The molecule has 1 aromatic carbocycles. The highest BCUT2D eigenvalue weighted by molar-refractivity contribution is 7.89. The minimum Gasteiger partial charge on any atom is -0.399 e. The van der Waals surface area contributed by atoms with Crippen molar-refractivity contribution in [3.63, 3.8) is 0 Å². The van der Waals surface area contributed by atoms with E-state index in [0.717, 1.165) is 23.2 Å². The molecule has 1 aliphatic heterocycles. The molecule has 1 aliphatic rings. The van der Waals surface area contributed by atoms with Crippen molar-refractivity contribution in [1.82, 2.24) is 4.31 Å². The lowest BCUT2D eigenvalue weighted by Crippen LogP contribution is -2.37. The summed E-state index contributed by atoms with van der Waals surface area (Å²) in [7, 11) is -3.12. The second-order valence-electron chi connectivity index (χ2n) is 4.87. The van der Waals surface area contributed by atoms with Crippen molar-refractivity contribution in [3.8, 4) is 0 Å².